The summed E-state index contributed by atoms with van der Waals surface area (Å²) < 4.78 is 5.89. The molecular weight excluding hydrogens is 611 g/mol. The molecule has 4 rings (SSSR count). The molecule has 47 heavy (non-hydrogen) atoms. The monoisotopic (exact) mass is 655 g/mol. The van der Waals surface area contributed by atoms with E-state index in [1.54, 1.807) is 6.07 Å². The van der Waals surface area contributed by atoms with Gasteiger partial charge in [0.2, 0.25) is 5.91 Å². The third kappa shape index (κ3) is 10.8. The number of carbonyl (C=O) groups excluding carboxylic acids is 2. The van der Waals surface area contributed by atoms with Gasteiger partial charge in [-0.15, -0.1) is 11.3 Å². The number of carbonyl (C=O) groups is 3. The van der Waals surface area contributed by atoms with E-state index in [2.05, 4.69) is 43.3 Å². The Balaban J connectivity index is 1.38. The van der Waals surface area contributed by atoms with Crippen LogP contribution in [0.2, 0.25) is 0 Å². The number of ether oxygens (including phenoxy) is 1. The number of nitrogens with one attached hydrogen (secondary N) is 2. The van der Waals surface area contributed by atoms with Crippen molar-refractivity contribution in [2.24, 2.45) is 0 Å². The van der Waals surface area contributed by atoms with Crippen LogP contribution in [0.5, 0.6) is 5.75 Å². The van der Waals surface area contributed by atoms with Gasteiger partial charge in [0.1, 0.15) is 18.3 Å². The van der Waals surface area contributed by atoms with Gasteiger partial charge in [-0.25, -0.2) is 0 Å². The highest BCUT2D eigenvalue weighted by atomic mass is 32.1. The van der Waals surface area contributed by atoms with E-state index < -0.39 is 24.5 Å². The van der Waals surface area contributed by atoms with Crippen molar-refractivity contribution in [2.75, 3.05) is 13.2 Å². The van der Waals surface area contributed by atoms with Crippen LogP contribution in [0.3, 0.4) is 0 Å². The van der Waals surface area contributed by atoms with Crippen molar-refractivity contribution in [3.05, 3.63) is 94.3 Å². The fourth-order valence-electron chi connectivity index (χ4n) is 5.01. The zero-order valence-corrected chi connectivity index (χ0v) is 28.5. The van der Waals surface area contributed by atoms with Gasteiger partial charge in [-0.3, -0.25) is 19.4 Å². The molecule has 9 heteroatoms. The summed E-state index contributed by atoms with van der Waals surface area (Å²) in [5.41, 5.74) is 4.48. The minimum absolute atomic E-state index is 0.105. The molecule has 1 atom stereocenters. The molecule has 0 aliphatic rings. The molecule has 0 bridgehead atoms. The predicted octanol–water partition coefficient (Wildman–Crippen LogP) is 7.67. The van der Waals surface area contributed by atoms with Gasteiger partial charge in [0.25, 0.3) is 5.91 Å². The number of carboxylic acid groups (broad SMARTS) is 1. The van der Waals surface area contributed by atoms with Crippen LogP contribution in [-0.2, 0) is 21.4 Å². The fraction of sp³-hybridized carbons (Fsp3) is 0.368. The lowest BCUT2D eigenvalue weighted by Crippen LogP contribution is -2.49. The Labute approximate surface area is 281 Å². The van der Waals surface area contributed by atoms with Crippen molar-refractivity contribution in [1.29, 1.82) is 0 Å². The van der Waals surface area contributed by atoms with E-state index in [0.29, 0.717) is 4.88 Å². The van der Waals surface area contributed by atoms with Crippen LogP contribution in [0.25, 0.3) is 22.4 Å². The van der Waals surface area contributed by atoms with E-state index in [9.17, 15) is 14.4 Å². The third-order valence-electron chi connectivity index (χ3n) is 7.76. The number of hydrogen-bond donors (Lipinski definition) is 3. The topological polar surface area (TPSA) is 118 Å². The van der Waals surface area contributed by atoms with E-state index in [1.165, 1.54) is 37.0 Å². The Morgan fingerprint density at radius 3 is 2.15 bits per heavy atom. The van der Waals surface area contributed by atoms with Crippen LogP contribution < -0.4 is 15.4 Å². The van der Waals surface area contributed by atoms with E-state index >= 15 is 0 Å². The average Bonchev–Trinajstić information content (AvgIpc) is 3.58. The first-order chi connectivity index (χ1) is 22.5. The Morgan fingerprint density at radius 1 is 0.851 bits per heavy atom. The lowest BCUT2D eigenvalue weighted by molar-refractivity contribution is -0.138. The first-order valence-electron chi connectivity index (χ1n) is 16.2. The molecule has 0 aliphatic heterocycles. The lowest BCUT2D eigenvalue weighted by Gasteiger charge is -2.18. The van der Waals surface area contributed by atoms with Crippen molar-refractivity contribution in [2.45, 2.75) is 77.7 Å². The summed E-state index contributed by atoms with van der Waals surface area (Å²) in [5.74, 6) is -1.22. The van der Waals surface area contributed by atoms with Gasteiger partial charge in [0.05, 0.1) is 17.2 Å². The summed E-state index contributed by atoms with van der Waals surface area (Å²) in [6, 6.07) is 22.4. The number of aromatic nitrogens is 1. The zero-order chi connectivity index (χ0) is 33.8. The minimum Gasteiger partial charge on any atom is -0.494 e. The maximum atomic E-state index is 13.1. The van der Waals surface area contributed by atoms with E-state index in [-0.39, 0.29) is 17.7 Å². The van der Waals surface area contributed by atoms with Crippen LogP contribution in [-0.4, -0.2) is 47.1 Å². The molecule has 0 saturated heterocycles. The van der Waals surface area contributed by atoms with Gasteiger partial charge in [0.15, 0.2) is 0 Å². The second-order valence-electron chi connectivity index (χ2n) is 12.7. The number of thiophene rings is 1. The highest BCUT2D eigenvalue weighted by Crippen LogP contribution is 2.30. The van der Waals surface area contributed by atoms with Crippen molar-refractivity contribution in [1.82, 2.24) is 15.6 Å². The van der Waals surface area contributed by atoms with Gasteiger partial charge in [-0.2, -0.15) is 0 Å². The largest absolute Gasteiger partial charge is 0.494 e. The number of carboxylic acids is 1. The predicted molar refractivity (Wildman–Crippen MR) is 188 cm³/mol. The molecule has 2 amide bonds. The molecule has 2 heterocycles. The third-order valence-corrected chi connectivity index (χ3v) is 9.27. The summed E-state index contributed by atoms with van der Waals surface area (Å²) in [5, 5.41) is 14.3. The molecule has 1 unspecified atom stereocenters. The van der Waals surface area contributed by atoms with Gasteiger partial charge in [-0.1, -0.05) is 95.8 Å². The minimum atomic E-state index is -1.16. The smallest absolute Gasteiger partial charge is 0.322 e. The summed E-state index contributed by atoms with van der Waals surface area (Å²) >= 11 is 1.38. The van der Waals surface area contributed by atoms with Crippen molar-refractivity contribution in [3.63, 3.8) is 0 Å². The molecule has 0 radical (unpaired) electrons. The summed E-state index contributed by atoms with van der Waals surface area (Å²) in [6.07, 6.45) is 8.09. The number of rotatable bonds is 16. The van der Waals surface area contributed by atoms with Crippen molar-refractivity contribution in [3.8, 4) is 28.1 Å². The number of aliphatic carboxylic acids is 1. The highest BCUT2D eigenvalue weighted by molar-refractivity contribution is 7.14. The van der Waals surface area contributed by atoms with Gasteiger partial charge >= 0.3 is 5.97 Å². The van der Waals surface area contributed by atoms with Crippen LogP contribution in [0.1, 0.15) is 79.9 Å². The summed E-state index contributed by atoms with van der Waals surface area (Å²) in [7, 11) is 0. The first kappa shape index (κ1) is 35.4. The van der Waals surface area contributed by atoms with Crippen LogP contribution in [0, 0.1) is 0 Å². The molecular formula is C38H45N3O5S. The standard InChI is InChI=1S/C38H45N3O5S/c1-5-6-7-8-9-22-46-30-17-14-27(15-18-30)29-16-19-31(39-24-29)28-12-10-26(11-13-28)23-32(36(44)40-25-35(42)43)41-37(45)33-20-21-34(47-33)38(2,3)4/h10-21,24,32H,5-9,22-23,25H2,1-4H3,(H,40,44)(H,41,45)(H,42,43). The van der Waals surface area contributed by atoms with Crippen LogP contribution in [0.15, 0.2) is 79.0 Å². The molecule has 0 saturated carbocycles. The average molecular weight is 656 g/mol. The lowest BCUT2D eigenvalue weighted by atomic mass is 9.95. The number of nitrogens with zero attached hydrogens (tertiary/aromatic N) is 1. The molecule has 248 valence electrons. The molecule has 0 aliphatic carbocycles. The number of pyridine rings is 1. The van der Waals surface area contributed by atoms with Gasteiger partial charge in [-0.05, 0) is 53.3 Å². The van der Waals surface area contributed by atoms with E-state index in [0.717, 1.165) is 51.6 Å². The fourth-order valence-corrected chi connectivity index (χ4v) is 5.98. The maximum absolute atomic E-state index is 13.1. The Hall–Kier alpha value is -4.50. The molecule has 0 fully saturated rings. The quantitative estimate of drug-likeness (QED) is 0.107. The molecule has 8 nitrogen and oxygen atoms in total. The van der Waals surface area contributed by atoms with Crippen molar-refractivity contribution < 1.29 is 24.2 Å². The molecule has 0 spiro atoms. The second kappa shape index (κ2) is 16.9. The number of hydrogen-bond acceptors (Lipinski definition) is 6. The Kier molecular flexibility index (Phi) is 12.7. The van der Waals surface area contributed by atoms with E-state index in [4.69, 9.17) is 9.84 Å². The highest BCUT2D eigenvalue weighted by Gasteiger charge is 2.25. The SMILES string of the molecule is CCCCCCCOc1ccc(-c2ccc(-c3ccc(CC(NC(=O)c4ccc(C(C)(C)C)s4)C(=O)NCC(=O)O)cc3)nc2)cc1. The molecule has 3 N–H and O–H groups in total. The second-order valence-corrected chi connectivity index (χ2v) is 13.8. The Bertz CT molecular complexity index is 1610. The Morgan fingerprint density at radius 2 is 1.53 bits per heavy atom. The zero-order valence-electron chi connectivity index (χ0n) is 27.7. The maximum Gasteiger partial charge on any atom is 0.322 e. The first-order valence-corrected chi connectivity index (χ1v) is 17.0. The van der Waals surface area contributed by atoms with Gasteiger partial charge in [0, 0.05) is 28.6 Å². The summed E-state index contributed by atoms with van der Waals surface area (Å²) in [4.78, 5) is 43.3. The van der Waals surface area contributed by atoms with Crippen molar-refractivity contribution >= 4 is 29.1 Å². The molecule has 2 aromatic carbocycles. The van der Waals surface area contributed by atoms with Crippen LogP contribution >= 0.6 is 11.3 Å². The van der Waals surface area contributed by atoms with E-state index in [1.807, 2.05) is 72.9 Å². The number of unbranched alkanes of at least 4 members (excludes halogenated alkanes) is 4. The van der Waals surface area contributed by atoms with Crippen LogP contribution in [0.4, 0.5) is 0 Å². The number of benzene rings is 2. The molecule has 2 aromatic heterocycles. The number of amides is 2. The van der Waals surface area contributed by atoms with Gasteiger partial charge < -0.3 is 20.5 Å². The normalized spacial score (nSPS) is 11.9. The summed E-state index contributed by atoms with van der Waals surface area (Å²) in [6.45, 7) is 8.63. The molecule has 4 aromatic rings.